The molecule has 0 saturated heterocycles. The number of nitrogens with zero attached hydrogens (tertiary/aromatic N) is 3. The van der Waals surface area contributed by atoms with Crippen molar-refractivity contribution < 1.29 is 19.8 Å². The fraction of sp³-hybridized carbons (Fsp3) is 0.526. The number of aromatic nitrogens is 1. The molecular formula is C19H21ClN4O4S. The Morgan fingerprint density at radius 1 is 1.38 bits per heavy atom. The van der Waals surface area contributed by atoms with Crippen LogP contribution in [0.5, 0.6) is 0 Å². The number of nitrogens with one attached hydrogen (secondary N) is 1. The van der Waals surface area contributed by atoms with Gasteiger partial charge in [0.15, 0.2) is 6.23 Å². The number of amides is 1. The maximum Gasteiger partial charge on any atom is 0.309 e. The third-order valence-electron chi connectivity index (χ3n) is 6.21. The van der Waals surface area contributed by atoms with Gasteiger partial charge in [-0.05, 0) is 31.4 Å². The first-order valence-electron chi connectivity index (χ1n) is 9.52. The van der Waals surface area contributed by atoms with E-state index in [4.69, 9.17) is 11.6 Å². The number of hydrogen-bond donors (Lipinski definition) is 3. The highest BCUT2D eigenvalue weighted by molar-refractivity contribution is 7.22. The number of hydrazone groups is 1. The highest BCUT2D eigenvalue weighted by atomic mass is 35.5. The summed E-state index contributed by atoms with van der Waals surface area (Å²) in [6.45, 7) is 3.91. The largest absolute Gasteiger partial charge is 0.481 e. The van der Waals surface area contributed by atoms with Gasteiger partial charge in [0, 0.05) is 11.5 Å². The molecule has 3 heterocycles. The molecule has 1 unspecified atom stereocenters. The number of rotatable bonds is 5. The Bertz CT molecular complexity index is 1070. The summed E-state index contributed by atoms with van der Waals surface area (Å²) >= 11 is 7.58. The molecule has 0 radical (unpaired) electrons. The van der Waals surface area contributed by atoms with Crippen LogP contribution in [0.1, 0.15) is 45.0 Å². The number of carbonyl (C=O) groups excluding carboxylic acids is 1. The summed E-state index contributed by atoms with van der Waals surface area (Å²) in [5.74, 6) is -0.251. The zero-order valence-electron chi connectivity index (χ0n) is 16.0. The quantitative estimate of drug-likeness (QED) is 0.667. The average molecular weight is 437 g/mol. The molecule has 2 bridgehead atoms. The topological polar surface area (TPSA) is 107 Å². The Kier molecular flexibility index (Phi) is 3.89. The molecule has 3 aliphatic carbocycles. The molecule has 154 valence electrons. The van der Waals surface area contributed by atoms with Crippen molar-refractivity contribution in [3.8, 4) is 0 Å². The lowest BCUT2D eigenvalue weighted by Crippen LogP contribution is -2.77. The zero-order chi connectivity index (χ0) is 20.7. The van der Waals surface area contributed by atoms with Crippen LogP contribution in [-0.2, 0) is 9.59 Å². The van der Waals surface area contributed by atoms with E-state index >= 15 is 0 Å². The second-order valence-electron chi connectivity index (χ2n) is 8.73. The maximum absolute atomic E-state index is 12.6. The Morgan fingerprint density at radius 2 is 2.07 bits per heavy atom. The van der Waals surface area contributed by atoms with Gasteiger partial charge in [-0.15, -0.1) is 11.3 Å². The number of thiophene rings is 1. The van der Waals surface area contributed by atoms with Crippen molar-refractivity contribution in [1.29, 1.82) is 0 Å². The third-order valence-corrected chi connectivity index (χ3v) is 7.41. The Hall–Kier alpha value is -2.10. The highest BCUT2D eigenvalue weighted by Crippen LogP contribution is 2.67. The molecule has 2 aromatic rings. The molecule has 3 fully saturated rings. The number of hydrogen-bond acceptors (Lipinski definition) is 6. The van der Waals surface area contributed by atoms with Crippen LogP contribution in [0.25, 0.3) is 10.2 Å². The summed E-state index contributed by atoms with van der Waals surface area (Å²) < 4.78 is 3.54. The first-order valence-corrected chi connectivity index (χ1v) is 10.7. The molecule has 29 heavy (non-hydrogen) atoms. The first kappa shape index (κ1) is 18.9. The normalized spacial score (nSPS) is 29.9. The van der Waals surface area contributed by atoms with Crippen LogP contribution >= 0.6 is 22.9 Å². The molecular weight excluding hydrogens is 416 g/mol. The van der Waals surface area contributed by atoms with Gasteiger partial charge < -0.3 is 15.5 Å². The summed E-state index contributed by atoms with van der Waals surface area (Å²) in [6.07, 6.45) is 0.373. The van der Waals surface area contributed by atoms with Crippen molar-refractivity contribution in [2.24, 2.45) is 16.4 Å². The van der Waals surface area contributed by atoms with E-state index in [1.165, 1.54) is 16.3 Å². The van der Waals surface area contributed by atoms with Crippen LogP contribution in [0.15, 0.2) is 17.2 Å². The minimum absolute atomic E-state index is 0.0640. The van der Waals surface area contributed by atoms with Gasteiger partial charge in [0.1, 0.15) is 12.4 Å². The summed E-state index contributed by atoms with van der Waals surface area (Å²) in [7, 11) is 0. The van der Waals surface area contributed by atoms with E-state index in [-0.39, 0.29) is 18.4 Å². The van der Waals surface area contributed by atoms with Crippen LogP contribution in [0.2, 0.25) is 4.34 Å². The van der Waals surface area contributed by atoms with Crippen LogP contribution in [0, 0.1) is 11.3 Å². The van der Waals surface area contributed by atoms with Crippen LogP contribution in [-0.4, -0.2) is 49.6 Å². The Labute approximate surface area is 175 Å². The molecule has 8 nitrogen and oxygen atoms in total. The van der Waals surface area contributed by atoms with Gasteiger partial charge in [-0.2, -0.15) is 5.10 Å². The third kappa shape index (κ3) is 2.64. The van der Waals surface area contributed by atoms with E-state index in [9.17, 15) is 19.8 Å². The number of halogens is 1. The predicted molar refractivity (Wildman–Crippen MR) is 109 cm³/mol. The van der Waals surface area contributed by atoms with Crippen LogP contribution < -0.4 is 5.32 Å². The summed E-state index contributed by atoms with van der Waals surface area (Å²) in [4.78, 5) is 23.9. The van der Waals surface area contributed by atoms with Crippen molar-refractivity contribution in [2.45, 2.75) is 44.9 Å². The van der Waals surface area contributed by atoms with Gasteiger partial charge in [-0.1, -0.05) is 25.4 Å². The van der Waals surface area contributed by atoms with Crippen molar-refractivity contribution in [1.82, 2.24) is 14.9 Å². The standard InChI is InChI=1S/C19H21ClN4O4S/c1-9(2)15-22-23(5-14(25)21-19-6-18(7-19,8-19)17(27)28)16(26)11-3-12-10(24(11)15)4-13(20)29-12/h3-4,9,16,26H,5-8H2,1-2H3,(H,21,25)(H,27,28). The van der Waals surface area contributed by atoms with Crippen LogP contribution in [0.4, 0.5) is 0 Å². The molecule has 3 N–H and O–H groups in total. The number of aliphatic hydroxyl groups excluding tert-OH is 1. The summed E-state index contributed by atoms with van der Waals surface area (Å²) in [6, 6.07) is 3.75. The minimum atomic E-state index is -1.06. The Balaban J connectivity index is 1.36. The van der Waals surface area contributed by atoms with Crippen molar-refractivity contribution >= 4 is 50.9 Å². The van der Waals surface area contributed by atoms with Gasteiger partial charge in [-0.25, -0.2) is 0 Å². The van der Waals surface area contributed by atoms with Gasteiger partial charge in [0.05, 0.1) is 25.7 Å². The molecule has 10 heteroatoms. The van der Waals surface area contributed by atoms with E-state index in [1.54, 1.807) is 0 Å². The summed E-state index contributed by atoms with van der Waals surface area (Å²) in [5, 5.41) is 29.0. The first-order chi connectivity index (χ1) is 13.6. The number of aliphatic carboxylic acids is 1. The second-order valence-corrected chi connectivity index (χ2v) is 10.4. The molecule has 2 aromatic heterocycles. The van der Waals surface area contributed by atoms with E-state index in [0.717, 1.165) is 16.1 Å². The van der Waals surface area contributed by atoms with E-state index in [2.05, 4.69) is 10.4 Å². The number of carboxylic acid groups (broad SMARTS) is 1. The fourth-order valence-corrected chi connectivity index (χ4v) is 6.10. The molecule has 1 amide bonds. The zero-order valence-corrected chi connectivity index (χ0v) is 17.5. The smallest absolute Gasteiger partial charge is 0.309 e. The molecule has 1 atom stereocenters. The van der Waals surface area contributed by atoms with Gasteiger partial charge in [-0.3, -0.25) is 19.2 Å². The maximum atomic E-state index is 12.6. The minimum Gasteiger partial charge on any atom is -0.481 e. The van der Waals surface area contributed by atoms with Gasteiger partial charge in [0.25, 0.3) is 0 Å². The lowest BCUT2D eigenvalue weighted by Gasteiger charge is -2.67. The number of fused-ring (bicyclic) bond motifs is 3. The number of aliphatic hydroxyl groups is 1. The van der Waals surface area contributed by atoms with Crippen molar-refractivity contribution in [2.75, 3.05) is 6.54 Å². The fourth-order valence-electron chi connectivity index (χ4n) is 4.94. The molecule has 0 aromatic carbocycles. The lowest BCUT2D eigenvalue weighted by molar-refractivity contribution is -0.200. The molecule has 3 saturated carbocycles. The van der Waals surface area contributed by atoms with Crippen molar-refractivity contribution in [3.63, 3.8) is 0 Å². The molecule has 1 aliphatic heterocycles. The van der Waals surface area contributed by atoms with Gasteiger partial charge in [0.2, 0.25) is 5.91 Å². The molecule has 6 rings (SSSR count). The van der Waals surface area contributed by atoms with Crippen LogP contribution in [0.3, 0.4) is 0 Å². The SMILES string of the molecule is CC(C)C1=NN(CC(=O)NC23CC(C(=O)O)(C2)C3)C(O)c2cc3sc(Cl)cc3n21. The highest BCUT2D eigenvalue weighted by Gasteiger charge is 2.72. The van der Waals surface area contributed by atoms with E-state index < -0.39 is 23.2 Å². The van der Waals surface area contributed by atoms with E-state index in [0.29, 0.717) is 29.3 Å². The predicted octanol–water partition coefficient (Wildman–Crippen LogP) is 2.60. The molecule has 0 spiro atoms. The number of carbonyl (C=O) groups is 2. The monoisotopic (exact) mass is 436 g/mol. The second kappa shape index (κ2) is 5.96. The van der Waals surface area contributed by atoms with Gasteiger partial charge >= 0.3 is 5.97 Å². The van der Waals surface area contributed by atoms with Crippen molar-refractivity contribution in [3.05, 3.63) is 22.2 Å². The summed E-state index contributed by atoms with van der Waals surface area (Å²) in [5.41, 5.74) is 0.512. The molecule has 4 aliphatic rings. The average Bonchev–Trinajstić information content (AvgIpc) is 3.08. The van der Waals surface area contributed by atoms with E-state index in [1.807, 2.05) is 30.5 Å². The Morgan fingerprint density at radius 3 is 2.69 bits per heavy atom. The number of carboxylic acids is 1. The lowest BCUT2D eigenvalue weighted by atomic mass is 9.39.